The summed E-state index contributed by atoms with van der Waals surface area (Å²) in [6, 6.07) is 3.37. The van der Waals surface area contributed by atoms with E-state index in [0.29, 0.717) is 25.4 Å². The van der Waals surface area contributed by atoms with Crippen molar-refractivity contribution in [3.05, 3.63) is 24.0 Å². The minimum absolute atomic E-state index is 0. The number of hydrogen-bond donors (Lipinski definition) is 3. The summed E-state index contributed by atoms with van der Waals surface area (Å²) >= 11 is 0. The fraction of sp³-hybridized carbons (Fsp3) is 0.556. The second-order valence-corrected chi connectivity index (χ2v) is 6.71. The third-order valence-corrected chi connectivity index (χ3v) is 4.29. The number of morpholine rings is 1. The van der Waals surface area contributed by atoms with Crippen LogP contribution in [0.5, 0.6) is 0 Å². The maximum absolute atomic E-state index is 14.0. The standard InChI is InChI=1S/C18H27FN4O3.2ClH/c1-12(2)17(20)18(25)21-13-3-4-14(19)15(11-13)22-16(24)5-6-23-7-9-26-10-8-23;;/h3-4,11-12,17H,5-10,20H2,1-2H3,(H,21,25)(H,22,24);2*1H/t17-;;/m0../s1. The lowest BCUT2D eigenvalue weighted by Crippen LogP contribution is -2.39. The molecule has 0 bridgehead atoms. The van der Waals surface area contributed by atoms with Gasteiger partial charge < -0.3 is 21.1 Å². The first kappa shape index (κ1) is 26.6. The quantitative estimate of drug-likeness (QED) is 0.606. The predicted octanol–water partition coefficient (Wildman–Crippen LogP) is 2.25. The van der Waals surface area contributed by atoms with Gasteiger partial charge in [-0.3, -0.25) is 14.5 Å². The topological polar surface area (TPSA) is 96.7 Å². The Kier molecular flexibility index (Phi) is 12.2. The molecule has 1 heterocycles. The molecule has 28 heavy (non-hydrogen) atoms. The van der Waals surface area contributed by atoms with Crippen molar-refractivity contribution in [2.75, 3.05) is 43.5 Å². The number of rotatable bonds is 7. The second kappa shape index (κ2) is 12.9. The molecule has 1 aromatic rings. The minimum Gasteiger partial charge on any atom is -0.379 e. The monoisotopic (exact) mass is 438 g/mol. The van der Waals surface area contributed by atoms with E-state index in [1.165, 1.54) is 18.2 Å². The molecule has 7 nitrogen and oxygen atoms in total. The van der Waals surface area contributed by atoms with Gasteiger partial charge in [-0.2, -0.15) is 0 Å². The van der Waals surface area contributed by atoms with E-state index >= 15 is 0 Å². The fourth-order valence-corrected chi connectivity index (χ4v) is 2.52. The average Bonchev–Trinajstić information content (AvgIpc) is 2.62. The van der Waals surface area contributed by atoms with Gasteiger partial charge in [0.15, 0.2) is 0 Å². The van der Waals surface area contributed by atoms with Crippen LogP contribution in [-0.4, -0.2) is 55.6 Å². The third-order valence-electron chi connectivity index (χ3n) is 4.29. The van der Waals surface area contributed by atoms with Crippen LogP contribution in [-0.2, 0) is 14.3 Å². The maximum Gasteiger partial charge on any atom is 0.241 e. The van der Waals surface area contributed by atoms with Crippen molar-refractivity contribution in [2.24, 2.45) is 11.7 Å². The second-order valence-electron chi connectivity index (χ2n) is 6.71. The highest BCUT2D eigenvalue weighted by Gasteiger charge is 2.18. The molecule has 160 valence electrons. The van der Waals surface area contributed by atoms with Crippen molar-refractivity contribution in [1.82, 2.24) is 4.90 Å². The van der Waals surface area contributed by atoms with E-state index in [1.54, 1.807) is 0 Å². The molecule has 0 radical (unpaired) electrons. The van der Waals surface area contributed by atoms with Gasteiger partial charge in [-0.05, 0) is 24.1 Å². The van der Waals surface area contributed by atoms with Crippen molar-refractivity contribution in [3.63, 3.8) is 0 Å². The Morgan fingerprint density at radius 1 is 1.21 bits per heavy atom. The van der Waals surface area contributed by atoms with Crippen LogP contribution in [0.4, 0.5) is 15.8 Å². The summed E-state index contributed by atoms with van der Waals surface area (Å²) in [5, 5.41) is 5.20. The van der Waals surface area contributed by atoms with E-state index in [0.717, 1.165) is 13.1 Å². The molecule has 1 aromatic carbocycles. The molecule has 0 aromatic heterocycles. The molecule has 0 saturated carbocycles. The van der Waals surface area contributed by atoms with Gasteiger partial charge in [0.05, 0.1) is 24.9 Å². The Hall–Kier alpha value is -1.45. The van der Waals surface area contributed by atoms with Crippen molar-refractivity contribution in [2.45, 2.75) is 26.3 Å². The Morgan fingerprint density at radius 2 is 1.86 bits per heavy atom. The highest BCUT2D eigenvalue weighted by molar-refractivity contribution is 5.96. The van der Waals surface area contributed by atoms with Gasteiger partial charge in [0, 0.05) is 31.7 Å². The molecule has 4 N–H and O–H groups in total. The molecule has 0 spiro atoms. The lowest BCUT2D eigenvalue weighted by Gasteiger charge is -2.26. The number of carbonyl (C=O) groups excluding carboxylic acids is 2. The zero-order valence-corrected chi connectivity index (χ0v) is 17.7. The molecule has 1 fully saturated rings. The van der Waals surface area contributed by atoms with E-state index in [-0.39, 0.29) is 54.7 Å². The van der Waals surface area contributed by atoms with E-state index in [2.05, 4.69) is 15.5 Å². The minimum atomic E-state index is -0.661. The molecular weight excluding hydrogens is 410 g/mol. The molecule has 1 atom stereocenters. The summed E-state index contributed by atoms with van der Waals surface area (Å²) in [7, 11) is 0. The Balaban J connectivity index is 0.00000364. The zero-order valence-electron chi connectivity index (χ0n) is 16.1. The number of hydrogen-bond acceptors (Lipinski definition) is 5. The van der Waals surface area contributed by atoms with Crippen LogP contribution < -0.4 is 16.4 Å². The van der Waals surface area contributed by atoms with Crippen LogP contribution in [0, 0.1) is 11.7 Å². The SMILES string of the molecule is CC(C)[C@H](N)C(=O)Nc1ccc(F)c(NC(=O)CCN2CCOCC2)c1.Cl.Cl. The summed E-state index contributed by atoms with van der Waals surface area (Å²) in [6.45, 7) is 7.19. The number of anilines is 2. The molecule has 0 unspecified atom stereocenters. The van der Waals surface area contributed by atoms with Crippen molar-refractivity contribution in [3.8, 4) is 0 Å². The first-order chi connectivity index (χ1) is 12.4. The fourth-order valence-electron chi connectivity index (χ4n) is 2.52. The van der Waals surface area contributed by atoms with Crippen molar-refractivity contribution < 1.29 is 18.7 Å². The van der Waals surface area contributed by atoms with Gasteiger partial charge in [0.25, 0.3) is 0 Å². The van der Waals surface area contributed by atoms with Crippen LogP contribution in [0.2, 0.25) is 0 Å². The molecule has 1 aliphatic heterocycles. The number of ether oxygens (including phenoxy) is 1. The molecule has 1 aliphatic rings. The highest BCUT2D eigenvalue weighted by Crippen LogP contribution is 2.20. The van der Waals surface area contributed by atoms with Gasteiger partial charge >= 0.3 is 0 Å². The molecule has 2 amide bonds. The number of nitrogens with two attached hydrogens (primary N) is 1. The van der Waals surface area contributed by atoms with Crippen LogP contribution in [0.15, 0.2) is 18.2 Å². The van der Waals surface area contributed by atoms with Gasteiger partial charge in [-0.1, -0.05) is 13.8 Å². The number of benzene rings is 1. The normalized spacial score (nSPS) is 15.2. The van der Waals surface area contributed by atoms with Crippen LogP contribution in [0.1, 0.15) is 20.3 Å². The van der Waals surface area contributed by atoms with Crippen LogP contribution in [0.3, 0.4) is 0 Å². The van der Waals surface area contributed by atoms with Gasteiger partial charge in [0.1, 0.15) is 5.82 Å². The van der Waals surface area contributed by atoms with Gasteiger partial charge in [-0.15, -0.1) is 24.8 Å². The molecule has 0 aliphatic carbocycles. The lowest BCUT2D eigenvalue weighted by molar-refractivity contribution is -0.118. The first-order valence-electron chi connectivity index (χ1n) is 8.82. The third kappa shape index (κ3) is 8.28. The summed E-state index contributed by atoms with van der Waals surface area (Å²) in [5.41, 5.74) is 6.22. The largest absolute Gasteiger partial charge is 0.379 e. The van der Waals surface area contributed by atoms with E-state index in [9.17, 15) is 14.0 Å². The Bertz CT molecular complexity index is 643. The molecule has 10 heteroatoms. The number of carbonyl (C=O) groups is 2. The molecular formula is C18H29Cl2FN4O3. The summed E-state index contributed by atoms with van der Waals surface area (Å²) in [6.07, 6.45) is 0.258. The lowest BCUT2D eigenvalue weighted by atomic mass is 10.0. The van der Waals surface area contributed by atoms with Crippen LogP contribution >= 0.6 is 24.8 Å². The highest BCUT2D eigenvalue weighted by atomic mass is 35.5. The number of halogens is 3. The number of nitrogens with zero attached hydrogens (tertiary/aromatic N) is 1. The van der Waals surface area contributed by atoms with Crippen LogP contribution in [0.25, 0.3) is 0 Å². The Morgan fingerprint density at radius 3 is 2.46 bits per heavy atom. The Labute approximate surface area is 177 Å². The molecule has 1 saturated heterocycles. The van der Waals surface area contributed by atoms with Crippen molar-refractivity contribution >= 4 is 48.0 Å². The first-order valence-corrected chi connectivity index (χ1v) is 8.82. The van der Waals surface area contributed by atoms with Gasteiger partial charge in [0.2, 0.25) is 11.8 Å². The van der Waals surface area contributed by atoms with Gasteiger partial charge in [-0.25, -0.2) is 4.39 Å². The summed E-state index contributed by atoms with van der Waals surface area (Å²) in [5.74, 6) is -1.21. The summed E-state index contributed by atoms with van der Waals surface area (Å²) < 4.78 is 19.2. The van der Waals surface area contributed by atoms with Crippen molar-refractivity contribution in [1.29, 1.82) is 0 Å². The number of nitrogens with one attached hydrogen (secondary N) is 2. The van der Waals surface area contributed by atoms with E-state index < -0.39 is 11.9 Å². The maximum atomic E-state index is 14.0. The van der Waals surface area contributed by atoms with E-state index in [4.69, 9.17) is 10.5 Å². The predicted molar refractivity (Wildman–Crippen MR) is 113 cm³/mol. The zero-order chi connectivity index (χ0) is 19.1. The number of amides is 2. The average molecular weight is 439 g/mol. The molecule has 2 rings (SSSR count). The smallest absolute Gasteiger partial charge is 0.241 e. The van der Waals surface area contributed by atoms with E-state index in [1.807, 2.05) is 13.8 Å². The summed E-state index contributed by atoms with van der Waals surface area (Å²) in [4.78, 5) is 26.2.